The number of fused-ring (bicyclic) bond motifs is 1. The number of anilines is 1. The Morgan fingerprint density at radius 3 is 2.68 bits per heavy atom. The number of ether oxygens (including phenoxy) is 1. The minimum Gasteiger partial charge on any atom is -0.508 e. The van der Waals surface area contributed by atoms with Gasteiger partial charge in [0.25, 0.3) is 0 Å². The molecular formula is C17H18ClN5O5. The molecule has 1 aromatic carbocycles. The summed E-state index contributed by atoms with van der Waals surface area (Å²) in [5.74, 6) is 0.479. The number of aromatic nitrogens is 4. The van der Waals surface area contributed by atoms with E-state index in [9.17, 15) is 20.4 Å². The molecule has 0 radical (unpaired) electrons. The van der Waals surface area contributed by atoms with Crippen molar-refractivity contribution in [2.24, 2.45) is 0 Å². The smallest absolute Gasteiger partial charge is 0.226 e. The van der Waals surface area contributed by atoms with Gasteiger partial charge >= 0.3 is 0 Å². The van der Waals surface area contributed by atoms with E-state index in [1.165, 1.54) is 10.9 Å². The molecule has 3 aromatic rings. The molecule has 148 valence electrons. The van der Waals surface area contributed by atoms with E-state index in [1.54, 1.807) is 24.3 Å². The number of aromatic hydroxyl groups is 1. The van der Waals surface area contributed by atoms with Crippen LogP contribution in [0.1, 0.15) is 11.8 Å². The van der Waals surface area contributed by atoms with E-state index >= 15 is 0 Å². The van der Waals surface area contributed by atoms with Gasteiger partial charge in [0.05, 0.1) is 12.9 Å². The monoisotopic (exact) mass is 407 g/mol. The van der Waals surface area contributed by atoms with Gasteiger partial charge in [-0.05, 0) is 17.7 Å². The number of nitrogens with one attached hydrogen (secondary N) is 1. The van der Waals surface area contributed by atoms with Gasteiger partial charge in [0.15, 0.2) is 23.2 Å². The van der Waals surface area contributed by atoms with Gasteiger partial charge in [0, 0.05) is 12.1 Å². The molecule has 0 aliphatic carbocycles. The summed E-state index contributed by atoms with van der Waals surface area (Å²) in [4.78, 5) is 12.6. The van der Waals surface area contributed by atoms with Crippen LogP contribution in [0.25, 0.3) is 11.2 Å². The Bertz CT molecular complexity index is 999. The Kier molecular flexibility index (Phi) is 5.04. The Balaban J connectivity index is 1.66. The molecule has 4 rings (SSSR count). The van der Waals surface area contributed by atoms with Crippen LogP contribution < -0.4 is 5.32 Å². The van der Waals surface area contributed by atoms with Crippen molar-refractivity contribution in [1.82, 2.24) is 19.5 Å². The molecule has 0 saturated carbocycles. The number of aliphatic hydroxyl groups excluding tert-OH is 3. The standard InChI is InChI=1S/C17H18ClN5O5/c18-17-21-14(19-5-8-3-1-2-4-9(8)25)11-15(22-17)23(7-20-11)16-13(27)12(26)10(6-24)28-16/h1-4,7,10,12-13,16,24-27H,5-6H2,(H,19,21,22)/t10-,12-,13-,16?/m1/s1. The van der Waals surface area contributed by atoms with Crippen LogP contribution in [0.2, 0.25) is 5.28 Å². The third kappa shape index (κ3) is 3.25. The molecule has 2 aromatic heterocycles. The number of phenolic OH excluding ortho intramolecular Hbond substituents is 1. The van der Waals surface area contributed by atoms with Gasteiger partial charge in [-0.3, -0.25) is 4.57 Å². The highest BCUT2D eigenvalue weighted by molar-refractivity contribution is 6.28. The van der Waals surface area contributed by atoms with Crippen LogP contribution in [-0.4, -0.2) is 64.9 Å². The molecule has 0 bridgehead atoms. The number of benzene rings is 1. The van der Waals surface area contributed by atoms with Crippen molar-refractivity contribution in [3.05, 3.63) is 41.4 Å². The first kappa shape index (κ1) is 18.8. The van der Waals surface area contributed by atoms with Gasteiger partial charge in [-0.2, -0.15) is 9.97 Å². The highest BCUT2D eigenvalue weighted by Gasteiger charge is 2.44. The minimum atomic E-state index is -1.28. The first-order valence-electron chi connectivity index (χ1n) is 8.53. The Hall–Kier alpha value is -2.50. The van der Waals surface area contributed by atoms with Crippen LogP contribution in [-0.2, 0) is 11.3 Å². The van der Waals surface area contributed by atoms with Crippen molar-refractivity contribution in [2.75, 3.05) is 11.9 Å². The number of aliphatic hydroxyl groups is 3. The Morgan fingerprint density at radius 1 is 1.18 bits per heavy atom. The van der Waals surface area contributed by atoms with Gasteiger partial charge < -0.3 is 30.5 Å². The molecule has 1 unspecified atom stereocenters. The predicted octanol–water partition coefficient (Wildman–Crippen LogP) is 0.409. The number of imidazole rings is 1. The zero-order valence-electron chi connectivity index (χ0n) is 14.5. The quantitative estimate of drug-likeness (QED) is 0.379. The van der Waals surface area contributed by atoms with Crippen molar-refractivity contribution in [3.8, 4) is 5.75 Å². The molecule has 28 heavy (non-hydrogen) atoms. The van der Waals surface area contributed by atoms with Gasteiger partial charge in [-0.1, -0.05) is 18.2 Å². The molecule has 0 amide bonds. The lowest BCUT2D eigenvalue weighted by Crippen LogP contribution is -2.33. The van der Waals surface area contributed by atoms with Gasteiger partial charge in [0.1, 0.15) is 24.1 Å². The van der Waals surface area contributed by atoms with Crippen LogP contribution in [0.3, 0.4) is 0 Å². The SMILES string of the molecule is OC[C@H]1OC(n2cnc3c(NCc4ccccc4O)nc(Cl)nc32)[C@H](O)[C@@H]1O. The van der Waals surface area contributed by atoms with Crippen LogP contribution in [0.4, 0.5) is 5.82 Å². The summed E-state index contributed by atoms with van der Waals surface area (Å²) < 4.78 is 6.96. The molecule has 4 atom stereocenters. The molecule has 3 heterocycles. The van der Waals surface area contributed by atoms with Crippen LogP contribution in [0.15, 0.2) is 30.6 Å². The fourth-order valence-corrected chi connectivity index (χ4v) is 3.31. The lowest BCUT2D eigenvalue weighted by atomic mass is 10.1. The largest absolute Gasteiger partial charge is 0.508 e. The summed E-state index contributed by atoms with van der Waals surface area (Å²) in [5, 5.41) is 42.4. The van der Waals surface area contributed by atoms with E-state index in [0.29, 0.717) is 16.9 Å². The van der Waals surface area contributed by atoms with Crippen molar-refractivity contribution >= 4 is 28.6 Å². The van der Waals surface area contributed by atoms with Crippen molar-refractivity contribution in [3.63, 3.8) is 0 Å². The molecular weight excluding hydrogens is 390 g/mol. The molecule has 0 spiro atoms. The van der Waals surface area contributed by atoms with E-state index in [4.69, 9.17) is 16.3 Å². The van der Waals surface area contributed by atoms with Crippen LogP contribution in [0.5, 0.6) is 5.75 Å². The molecule has 1 fully saturated rings. The fraction of sp³-hybridized carbons (Fsp3) is 0.353. The second-order valence-electron chi connectivity index (χ2n) is 6.38. The van der Waals surface area contributed by atoms with E-state index in [2.05, 4.69) is 20.3 Å². The molecule has 1 aliphatic rings. The summed E-state index contributed by atoms with van der Waals surface area (Å²) in [6.07, 6.45) is -3.05. The third-order valence-electron chi connectivity index (χ3n) is 4.62. The first-order valence-corrected chi connectivity index (χ1v) is 8.90. The number of nitrogens with zero attached hydrogens (tertiary/aromatic N) is 4. The zero-order chi connectivity index (χ0) is 19.8. The van der Waals surface area contributed by atoms with Crippen molar-refractivity contribution in [2.45, 2.75) is 31.1 Å². The first-order chi connectivity index (χ1) is 13.5. The lowest BCUT2D eigenvalue weighted by molar-refractivity contribution is -0.0511. The van der Waals surface area contributed by atoms with E-state index < -0.39 is 31.1 Å². The minimum absolute atomic E-state index is 0.0548. The van der Waals surface area contributed by atoms with Gasteiger partial charge in [-0.25, -0.2) is 4.98 Å². The second kappa shape index (κ2) is 7.49. The van der Waals surface area contributed by atoms with Crippen LogP contribution >= 0.6 is 11.6 Å². The number of hydrogen-bond acceptors (Lipinski definition) is 9. The maximum absolute atomic E-state index is 10.3. The molecule has 5 N–H and O–H groups in total. The van der Waals surface area contributed by atoms with E-state index in [0.717, 1.165) is 0 Å². The Labute approximate surface area is 164 Å². The number of para-hydroxylation sites is 1. The summed E-state index contributed by atoms with van der Waals surface area (Å²) in [5.41, 5.74) is 1.32. The van der Waals surface area contributed by atoms with Crippen LogP contribution in [0, 0.1) is 0 Å². The summed E-state index contributed by atoms with van der Waals surface area (Å²) in [6.45, 7) is -0.166. The third-order valence-corrected chi connectivity index (χ3v) is 4.79. The normalized spacial score (nSPS) is 24.7. The molecule has 1 saturated heterocycles. The topological polar surface area (TPSA) is 146 Å². The lowest BCUT2D eigenvalue weighted by Gasteiger charge is -2.16. The molecule has 11 heteroatoms. The van der Waals surface area contributed by atoms with E-state index in [-0.39, 0.29) is 23.2 Å². The van der Waals surface area contributed by atoms with Crippen molar-refractivity contribution < 1.29 is 25.2 Å². The number of rotatable bonds is 5. The van der Waals surface area contributed by atoms with E-state index in [1.807, 2.05) is 0 Å². The number of phenols is 1. The summed E-state index contributed by atoms with van der Waals surface area (Å²) in [6, 6.07) is 6.87. The maximum atomic E-state index is 10.3. The highest BCUT2D eigenvalue weighted by Crippen LogP contribution is 2.33. The highest BCUT2D eigenvalue weighted by atomic mass is 35.5. The zero-order valence-corrected chi connectivity index (χ0v) is 15.2. The van der Waals surface area contributed by atoms with Crippen molar-refractivity contribution in [1.29, 1.82) is 0 Å². The maximum Gasteiger partial charge on any atom is 0.226 e. The summed E-state index contributed by atoms with van der Waals surface area (Å²) in [7, 11) is 0. The number of hydrogen-bond donors (Lipinski definition) is 5. The average Bonchev–Trinajstić information content (AvgIpc) is 3.22. The fourth-order valence-electron chi connectivity index (χ4n) is 3.15. The number of halogens is 1. The summed E-state index contributed by atoms with van der Waals surface area (Å²) >= 11 is 6.05. The molecule has 10 nitrogen and oxygen atoms in total. The van der Waals surface area contributed by atoms with Gasteiger partial charge in [-0.15, -0.1) is 0 Å². The predicted molar refractivity (Wildman–Crippen MR) is 98.8 cm³/mol. The molecule has 1 aliphatic heterocycles. The second-order valence-corrected chi connectivity index (χ2v) is 6.71. The Morgan fingerprint density at radius 2 is 1.96 bits per heavy atom. The average molecular weight is 408 g/mol. The van der Waals surface area contributed by atoms with Gasteiger partial charge in [0.2, 0.25) is 5.28 Å².